The van der Waals surface area contributed by atoms with E-state index in [-0.39, 0.29) is 26.1 Å². The van der Waals surface area contributed by atoms with Crippen molar-refractivity contribution in [1.29, 1.82) is 0 Å². The van der Waals surface area contributed by atoms with Gasteiger partial charge in [-0.25, -0.2) is 0 Å². The van der Waals surface area contributed by atoms with Gasteiger partial charge >= 0.3 is 11.9 Å². The standard InChI is InChI=1S/C47H80O10/c1-3-5-7-9-11-13-15-17-19-20-22-23-25-27-29-31-33-35-42(49)54-38-40(39-55-47-46(53)45(52)44(51)41(37-48)57-47)56-43(50)36-34-32-30-28-26-24-21-18-16-14-12-10-8-6-4-2/h7,9-10,12-13,15,19-20,23,25,40-41,44-48,51-53H,3-6,8,11,14,16-18,21-22,24,26-39H2,1-2H3/b9-7+,12-10+,15-13+,20-19+,25-23+/t40-,41-,44+,45?,46?,47-/m0/s1. The van der Waals surface area contributed by atoms with Crippen molar-refractivity contribution in [2.45, 2.75) is 205 Å². The Labute approximate surface area is 345 Å². The lowest BCUT2D eigenvalue weighted by atomic mass is 9.99. The highest BCUT2D eigenvalue weighted by molar-refractivity contribution is 5.70. The zero-order chi connectivity index (χ0) is 41.6. The van der Waals surface area contributed by atoms with Gasteiger partial charge in [0.25, 0.3) is 0 Å². The molecule has 0 saturated carbocycles. The van der Waals surface area contributed by atoms with Crippen LogP contribution in [0.4, 0.5) is 0 Å². The summed E-state index contributed by atoms with van der Waals surface area (Å²) in [5, 5.41) is 40.1. The lowest BCUT2D eigenvalue weighted by molar-refractivity contribution is -0.305. The molecule has 1 aliphatic heterocycles. The highest BCUT2D eigenvalue weighted by Crippen LogP contribution is 2.22. The number of unbranched alkanes of at least 4 members (excludes halogenated alkanes) is 15. The molecule has 328 valence electrons. The van der Waals surface area contributed by atoms with E-state index in [0.29, 0.717) is 12.8 Å². The Kier molecular flexibility index (Phi) is 34.6. The van der Waals surface area contributed by atoms with Gasteiger partial charge in [0.1, 0.15) is 31.0 Å². The Bertz CT molecular complexity index is 1110. The predicted octanol–water partition coefficient (Wildman–Crippen LogP) is 9.44. The summed E-state index contributed by atoms with van der Waals surface area (Å²) in [6.45, 7) is 3.28. The van der Waals surface area contributed by atoms with Crippen LogP contribution in [0.15, 0.2) is 60.8 Å². The molecule has 4 N–H and O–H groups in total. The molecule has 57 heavy (non-hydrogen) atoms. The molecule has 0 radical (unpaired) electrons. The molecular formula is C47H80O10. The van der Waals surface area contributed by atoms with Gasteiger partial charge in [-0.15, -0.1) is 0 Å². The molecule has 0 aliphatic carbocycles. The topological polar surface area (TPSA) is 152 Å². The molecule has 0 bridgehead atoms. The molecule has 2 unspecified atom stereocenters. The Balaban J connectivity index is 2.36. The molecule has 1 saturated heterocycles. The van der Waals surface area contributed by atoms with Crippen molar-refractivity contribution >= 4 is 11.9 Å². The molecule has 10 heteroatoms. The average Bonchev–Trinajstić information content (AvgIpc) is 3.21. The minimum Gasteiger partial charge on any atom is -0.462 e. The normalized spacial score (nSPS) is 20.8. The number of rotatable bonds is 36. The molecule has 1 fully saturated rings. The lowest BCUT2D eigenvalue weighted by Gasteiger charge is -2.39. The highest BCUT2D eigenvalue weighted by atomic mass is 16.7. The average molecular weight is 805 g/mol. The third kappa shape index (κ3) is 29.3. The second-order valence-corrected chi connectivity index (χ2v) is 15.1. The number of carbonyl (C=O) groups excluding carboxylic acids is 2. The Morgan fingerprint density at radius 2 is 1.02 bits per heavy atom. The summed E-state index contributed by atoms with van der Waals surface area (Å²) < 4.78 is 22.1. The van der Waals surface area contributed by atoms with Crippen LogP contribution >= 0.6 is 0 Å². The van der Waals surface area contributed by atoms with Crippen molar-refractivity contribution in [2.75, 3.05) is 19.8 Å². The number of esters is 2. The third-order valence-corrected chi connectivity index (χ3v) is 9.86. The first-order valence-electron chi connectivity index (χ1n) is 22.4. The summed E-state index contributed by atoms with van der Waals surface area (Å²) in [6, 6.07) is 0. The largest absolute Gasteiger partial charge is 0.462 e. The van der Waals surface area contributed by atoms with Gasteiger partial charge in [0, 0.05) is 12.8 Å². The summed E-state index contributed by atoms with van der Waals surface area (Å²) in [7, 11) is 0. The van der Waals surface area contributed by atoms with Crippen LogP contribution in [0.3, 0.4) is 0 Å². The summed E-state index contributed by atoms with van der Waals surface area (Å²) in [6.07, 6.45) is 37.9. The fraction of sp³-hybridized carbons (Fsp3) is 0.745. The summed E-state index contributed by atoms with van der Waals surface area (Å²) in [4.78, 5) is 25.3. The van der Waals surface area contributed by atoms with Gasteiger partial charge in [-0.3, -0.25) is 9.59 Å². The SMILES string of the molecule is CCC/C=C/C/C=C/C/C=C/C/C=C/CCCCCC(=O)OC[C@@H](CO[C@H]1O[C@@H](CO)[C@@H](O)C(O)C1O)OC(=O)CCCCCCCCCCC/C=C/CCCC. The summed E-state index contributed by atoms with van der Waals surface area (Å²) >= 11 is 0. The second-order valence-electron chi connectivity index (χ2n) is 15.1. The number of allylic oxidation sites excluding steroid dienone is 10. The van der Waals surface area contributed by atoms with Crippen molar-refractivity contribution in [1.82, 2.24) is 0 Å². The van der Waals surface area contributed by atoms with Gasteiger partial charge in [-0.1, -0.05) is 145 Å². The van der Waals surface area contributed by atoms with Crippen molar-refractivity contribution in [3.05, 3.63) is 60.8 Å². The molecule has 1 rings (SSSR count). The summed E-state index contributed by atoms with van der Waals surface area (Å²) in [5.74, 6) is -0.849. The van der Waals surface area contributed by atoms with Crippen molar-refractivity contribution in [3.63, 3.8) is 0 Å². The van der Waals surface area contributed by atoms with E-state index in [1.807, 2.05) is 0 Å². The van der Waals surface area contributed by atoms with Gasteiger partial charge in [0.15, 0.2) is 12.4 Å². The van der Waals surface area contributed by atoms with Crippen LogP contribution in [0, 0.1) is 0 Å². The molecule has 10 nitrogen and oxygen atoms in total. The first kappa shape index (κ1) is 52.4. The Morgan fingerprint density at radius 3 is 1.58 bits per heavy atom. The highest BCUT2D eigenvalue weighted by Gasteiger charge is 2.44. The third-order valence-electron chi connectivity index (χ3n) is 9.86. The smallest absolute Gasteiger partial charge is 0.306 e. The van der Waals surface area contributed by atoms with E-state index >= 15 is 0 Å². The maximum absolute atomic E-state index is 12.8. The van der Waals surface area contributed by atoms with Crippen molar-refractivity contribution in [3.8, 4) is 0 Å². The van der Waals surface area contributed by atoms with Crippen LogP contribution < -0.4 is 0 Å². The van der Waals surface area contributed by atoms with Crippen LogP contribution in [-0.4, -0.2) is 89.0 Å². The lowest BCUT2D eigenvalue weighted by Crippen LogP contribution is -2.59. The van der Waals surface area contributed by atoms with E-state index in [1.54, 1.807) is 0 Å². The zero-order valence-electron chi connectivity index (χ0n) is 35.6. The Hall–Kier alpha value is -2.60. The van der Waals surface area contributed by atoms with E-state index in [1.165, 1.54) is 64.2 Å². The van der Waals surface area contributed by atoms with E-state index in [0.717, 1.165) is 64.2 Å². The first-order chi connectivity index (χ1) is 27.8. The van der Waals surface area contributed by atoms with Crippen LogP contribution in [-0.2, 0) is 28.5 Å². The number of hydrogen-bond acceptors (Lipinski definition) is 10. The fourth-order valence-electron chi connectivity index (χ4n) is 6.28. The number of hydrogen-bond donors (Lipinski definition) is 4. The molecule has 0 aromatic heterocycles. The van der Waals surface area contributed by atoms with Crippen molar-refractivity contribution < 1.29 is 49.0 Å². The van der Waals surface area contributed by atoms with E-state index in [9.17, 15) is 30.0 Å². The van der Waals surface area contributed by atoms with Gasteiger partial charge in [0.05, 0.1) is 13.2 Å². The van der Waals surface area contributed by atoms with E-state index in [4.69, 9.17) is 18.9 Å². The van der Waals surface area contributed by atoms with Gasteiger partial charge in [-0.05, 0) is 70.6 Å². The number of aliphatic hydroxyl groups excluding tert-OH is 4. The fourth-order valence-corrected chi connectivity index (χ4v) is 6.28. The monoisotopic (exact) mass is 805 g/mol. The number of aliphatic hydroxyl groups is 4. The van der Waals surface area contributed by atoms with Crippen LogP contribution in [0.2, 0.25) is 0 Å². The van der Waals surface area contributed by atoms with Crippen molar-refractivity contribution in [2.24, 2.45) is 0 Å². The second kappa shape index (κ2) is 37.7. The maximum atomic E-state index is 12.8. The molecule has 0 spiro atoms. The summed E-state index contributed by atoms with van der Waals surface area (Å²) in [5.41, 5.74) is 0. The molecule has 0 amide bonds. The molecule has 1 heterocycles. The zero-order valence-corrected chi connectivity index (χ0v) is 35.6. The van der Waals surface area contributed by atoms with Crippen LogP contribution in [0.1, 0.15) is 168 Å². The molecule has 0 aromatic carbocycles. The quantitative estimate of drug-likeness (QED) is 0.0274. The van der Waals surface area contributed by atoms with Gasteiger partial charge < -0.3 is 39.4 Å². The maximum Gasteiger partial charge on any atom is 0.306 e. The van der Waals surface area contributed by atoms with Gasteiger partial charge in [-0.2, -0.15) is 0 Å². The number of carbonyl (C=O) groups is 2. The number of ether oxygens (including phenoxy) is 4. The molecular weight excluding hydrogens is 725 g/mol. The minimum atomic E-state index is -1.60. The predicted molar refractivity (Wildman–Crippen MR) is 228 cm³/mol. The van der Waals surface area contributed by atoms with E-state index in [2.05, 4.69) is 74.6 Å². The molecule has 1 aliphatic rings. The molecule has 6 atom stereocenters. The van der Waals surface area contributed by atoms with Gasteiger partial charge in [0.2, 0.25) is 0 Å². The minimum absolute atomic E-state index is 0.218. The first-order valence-corrected chi connectivity index (χ1v) is 22.4. The van der Waals surface area contributed by atoms with Crippen LogP contribution in [0.5, 0.6) is 0 Å². The van der Waals surface area contributed by atoms with E-state index < -0.39 is 55.4 Å². The Morgan fingerprint density at radius 1 is 0.544 bits per heavy atom. The molecule has 0 aromatic rings. The van der Waals surface area contributed by atoms with Crippen LogP contribution in [0.25, 0.3) is 0 Å².